The van der Waals surface area contributed by atoms with Gasteiger partial charge in [-0.25, -0.2) is 0 Å². The number of hydrogen-bond acceptors (Lipinski definition) is 3. The second kappa shape index (κ2) is 3.67. The maximum Gasteiger partial charge on any atom is 0.129 e. The van der Waals surface area contributed by atoms with E-state index >= 15 is 0 Å². The molecular weight excluding hydrogens is 156 g/mol. The van der Waals surface area contributed by atoms with Crippen LogP contribution in [-0.4, -0.2) is 17.3 Å². The van der Waals surface area contributed by atoms with Crippen molar-refractivity contribution in [2.45, 2.75) is 0 Å². The van der Waals surface area contributed by atoms with Gasteiger partial charge in [-0.05, 0) is 6.07 Å². The van der Waals surface area contributed by atoms with Gasteiger partial charge in [0, 0.05) is 5.22 Å². The van der Waals surface area contributed by atoms with E-state index in [0.717, 1.165) is 12.5 Å². The van der Waals surface area contributed by atoms with Crippen molar-refractivity contribution in [3.05, 3.63) is 28.6 Å². The quantitative estimate of drug-likeness (QED) is 0.630. The van der Waals surface area contributed by atoms with Crippen LogP contribution in [0, 0.1) is 0 Å². The van der Waals surface area contributed by atoms with Crippen LogP contribution < -0.4 is 15.2 Å². The fourth-order valence-electron chi connectivity index (χ4n) is 0.990. The second-order valence-electron chi connectivity index (χ2n) is 2.22. The molecule has 0 saturated carbocycles. The summed E-state index contributed by atoms with van der Waals surface area (Å²) >= 11 is 0. The maximum atomic E-state index is 8.83. The van der Waals surface area contributed by atoms with E-state index in [-0.39, 0.29) is 0 Å². The molecule has 0 spiro atoms. The van der Waals surface area contributed by atoms with Gasteiger partial charge in [0.05, 0.1) is 24.9 Å². The predicted molar refractivity (Wildman–Crippen MR) is 46.4 cm³/mol. The van der Waals surface area contributed by atoms with Gasteiger partial charge in [-0.2, -0.15) is 0 Å². The van der Waals surface area contributed by atoms with Gasteiger partial charge >= 0.3 is 0 Å². The van der Waals surface area contributed by atoms with Gasteiger partial charge < -0.3 is 14.9 Å². The molecule has 0 heterocycles. The monoisotopic (exact) mass is 166 g/mol. The third kappa shape index (κ3) is 1.34. The second-order valence-corrected chi connectivity index (χ2v) is 2.22. The van der Waals surface area contributed by atoms with Gasteiger partial charge in [-0.1, -0.05) is 12.1 Å². The van der Waals surface area contributed by atoms with E-state index in [0.29, 0.717) is 16.2 Å². The third-order valence-corrected chi connectivity index (χ3v) is 1.59. The molecule has 1 rings (SSSR count). The van der Waals surface area contributed by atoms with Crippen molar-refractivity contribution < 1.29 is 14.9 Å². The van der Waals surface area contributed by atoms with Crippen molar-refractivity contribution in [2.24, 2.45) is 0 Å². The van der Waals surface area contributed by atoms with Crippen molar-refractivity contribution in [3.8, 4) is 5.75 Å². The first-order chi connectivity index (χ1) is 5.83. The van der Waals surface area contributed by atoms with Crippen LogP contribution in [0.2, 0.25) is 0 Å². The van der Waals surface area contributed by atoms with Crippen molar-refractivity contribution in [2.75, 3.05) is 7.11 Å². The highest BCUT2D eigenvalue weighted by Crippen LogP contribution is 1.96. The van der Waals surface area contributed by atoms with Gasteiger partial charge in [0.25, 0.3) is 0 Å². The zero-order valence-corrected chi connectivity index (χ0v) is 6.69. The summed E-state index contributed by atoms with van der Waals surface area (Å²) in [5.41, 5.74) is 0. The van der Waals surface area contributed by atoms with Crippen LogP contribution >= 0.6 is 0 Å². The molecule has 0 aliphatic heterocycles. The molecule has 0 aliphatic rings. The molecule has 3 nitrogen and oxygen atoms in total. The lowest BCUT2D eigenvalue weighted by molar-refractivity contribution is 0.408. The summed E-state index contributed by atoms with van der Waals surface area (Å²) in [5.74, 6) is 0.528. The summed E-state index contributed by atoms with van der Waals surface area (Å²) in [6.45, 7) is 0. The summed E-state index contributed by atoms with van der Waals surface area (Å²) in [6.07, 6.45) is 1.82. The number of hydrogen-bond donors (Lipinski definition) is 2. The van der Waals surface area contributed by atoms with Crippen LogP contribution in [0.1, 0.15) is 0 Å². The Hall–Kier alpha value is -1.64. The van der Waals surface area contributed by atoms with Crippen molar-refractivity contribution in [1.82, 2.24) is 0 Å². The van der Waals surface area contributed by atoms with Crippen LogP contribution in [0.15, 0.2) is 18.2 Å². The Bertz CT molecular complexity index is 368. The number of aliphatic hydroxyl groups is 2. The Morgan fingerprint density at radius 1 is 1.25 bits per heavy atom. The van der Waals surface area contributed by atoms with Gasteiger partial charge in [-0.3, -0.25) is 0 Å². The lowest BCUT2D eigenvalue weighted by Gasteiger charge is -1.98. The third-order valence-electron chi connectivity index (χ3n) is 1.59. The molecule has 12 heavy (non-hydrogen) atoms. The van der Waals surface area contributed by atoms with E-state index in [2.05, 4.69) is 0 Å². The highest BCUT2D eigenvalue weighted by Gasteiger charge is 1.94. The highest BCUT2D eigenvalue weighted by atomic mass is 16.5. The summed E-state index contributed by atoms with van der Waals surface area (Å²) in [6, 6.07) is 5.10. The number of benzene rings is 1. The fraction of sp³-hybridized carbons (Fsp3) is 0.111. The summed E-state index contributed by atoms with van der Waals surface area (Å²) in [7, 11) is 1.50. The first-order valence-corrected chi connectivity index (χ1v) is 3.45. The smallest absolute Gasteiger partial charge is 0.129 e. The van der Waals surface area contributed by atoms with Crippen LogP contribution in [0.3, 0.4) is 0 Å². The lowest BCUT2D eigenvalue weighted by Crippen LogP contribution is -2.25. The summed E-state index contributed by atoms with van der Waals surface area (Å²) in [4.78, 5) is 0. The Balaban J connectivity index is 3.56. The molecule has 1 aromatic rings. The molecule has 0 fully saturated rings. The molecule has 0 aliphatic carbocycles. The van der Waals surface area contributed by atoms with Crippen LogP contribution in [0.25, 0.3) is 12.5 Å². The molecule has 0 saturated heterocycles. The number of aliphatic hydroxyl groups excluding tert-OH is 2. The largest absolute Gasteiger partial charge is 0.515 e. The average Bonchev–Trinajstić information content (AvgIpc) is 2.16. The molecule has 0 atom stereocenters. The van der Waals surface area contributed by atoms with Crippen molar-refractivity contribution in [1.29, 1.82) is 0 Å². The molecule has 3 heteroatoms. The number of rotatable bonds is 1. The average molecular weight is 166 g/mol. The first-order valence-electron chi connectivity index (χ1n) is 3.45. The minimum absolute atomic E-state index is 0.475. The zero-order chi connectivity index (χ0) is 8.97. The van der Waals surface area contributed by atoms with E-state index in [4.69, 9.17) is 14.9 Å². The minimum Gasteiger partial charge on any atom is -0.515 e. The minimum atomic E-state index is 0.475. The topological polar surface area (TPSA) is 49.7 Å². The molecule has 0 radical (unpaired) electrons. The van der Waals surface area contributed by atoms with E-state index in [1.54, 1.807) is 18.2 Å². The van der Waals surface area contributed by atoms with Crippen molar-refractivity contribution >= 4 is 12.5 Å². The Morgan fingerprint density at radius 2 is 2.00 bits per heavy atom. The van der Waals surface area contributed by atoms with E-state index < -0.39 is 0 Å². The summed E-state index contributed by atoms with van der Waals surface area (Å²) < 4.78 is 4.96. The van der Waals surface area contributed by atoms with Crippen LogP contribution in [-0.2, 0) is 0 Å². The molecule has 1 aromatic carbocycles. The Labute approximate surface area is 69.8 Å². The molecular formula is C9H10O3. The standard InChI is InChI=1S/C9H10O3/c1-12-9-4-2-3-7(5-10)8(9)6-11/h2-6,10-11H,1H3. The predicted octanol–water partition coefficient (Wildman–Crippen LogP) is 0.287. The molecule has 0 unspecified atom stereocenters. The SMILES string of the molecule is COc1cccc(=CO)c1=CO. The van der Waals surface area contributed by atoms with Gasteiger partial charge in [0.15, 0.2) is 0 Å². The normalized spacial score (nSPS) is 13.4. The fourth-order valence-corrected chi connectivity index (χ4v) is 0.990. The van der Waals surface area contributed by atoms with Crippen LogP contribution in [0.5, 0.6) is 5.75 Å². The Morgan fingerprint density at radius 3 is 2.50 bits per heavy atom. The first kappa shape index (κ1) is 8.46. The lowest BCUT2D eigenvalue weighted by atomic mass is 10.2. The van der Waals surface area contributed by atoms with Gasteiger partial charge in [0.1, 0.15) is 5.75 Å². The van der Waals surface area contributed by atoms with Crippen molar-refractivity contribution in [3.63, 3.8) is 0 Å². The number of ether oxygens (including phenoxy) is 1. The zero-order valence-electron chi connectivity index (χ0n) is 6.69. The summed E-state index contributed by atoms with van der Waals surface area (Å²) in [5, 5.41) is 18.6. The van der Waals surface area contributed by atoms with Gasteiger partial charge in [0.2, 0.25) is 0 Å². The Kier molecular flexibility index (Phi) is 2.58. The molecule has 0 amide bonds. The van der Waals surface area contributed by atoms with E-state index in [9.17, 15) is 0 Å². The maximum absolute atomic E-state index is 8.83. The highest BCUT2D eigenvalue weighted by molar-refractivity contribution is 5.34. The van der Waals surface area contributed by atoms with Gasteiger partial charge in [-0.15, -0.1) is 0 Å². The molecule has 64 valence electrons. The molecule has 0 bridgehead atoms. The molecule has 0 aromatic heterocycles. The van der Waals surface area contributed by atoms with E-state index in [1.807, 2.05) is 0 Å². The number of methoxy groups -OCH3 is 1. The van der Waals surface area contributed by atoms with E-state index in [1.165, 1.54) is 7.11 Å². The van der Waals surface area contributed by atoms with Crippen LogP contribution in [0.4, 0.5) is 0 Å². The molecule has 2 N–H and O–H groups in total.